The van der Waals surface area contributed by atoms with E-state index in [9.17, 15) is 13.2 Å². The van der Waals surface area contributed by atoms with Crippen LogP contribution in [0.4, 0.5) is 5.69 Å². The van der Waals surface area contributed by atoms with Gasteiger partial charge in [0.2, 0.25) is 0 Å². The third-order valence-electron chi connectivity index (χ3n) is 6.58. The molecule has 0 radical (unpaired) electrons. The topological polar surface area (TPSA) is 69.7 Å². The molecule has 3 aromatic carbocycles. The van der Waals surface area contributed by atoms with Gasteiger partial charge in [0, 0.05) is 38.3 Å². The van der Waals surface area contributed by atoms with E-state index in [-0.39, 0.29) is 16.8 Å². The van der Waals surface area contributed by atoms with Crippen LogP contribution >= 0.6 is 0 Å². The molecule has 1 N–H and O–H groups in total. The van der Waals surface area contributed by atoms with Crippen molar-refractivity contribution in [3.05, 3.63) is 95.1 Å². The molecule has 0 bridgehead atoms. The number of hydrogen-bond donors (Lipinski definition) is 1. The van der Waals surface area contributed by atoms with Crippen LogP contribution in [0.15, 0.2) is 77.7 Å². The molecule has 1 saturated heterocycles. The van der Waals surface area contributed by atoms with E-state index in [2.05, 4.69) is 41.4 Å². The van der Waals surface area contributed by atoms with Gasteiger partial charge in [0.25, 0.3) is 15.9 Å². The molecule has 0 aromatic heterocycles. The van der Waals surface area contributed by atoms with Crippen LogP contribution in [0.5, 0.6) is 0 Å². The number of nitrogens with zero attached hydrogens (tertiary/aromatic N) is 2. The molecule has 7 heteroatoms. The highest BCUT2D eigenvalue weighted by Crippen LogP contribution is 2.23. The van der Waals surface area contributed by atoms with Crippen molar-refractivity contribution in [3.63, 3.8) is 0 Å². The van der Waals surface area contributed by atoms with E-state index in [0.29, 0.717) is 11.3 Å². The molecule has 6 nitrogen and oxygen atoms in total. The van der Waals surface area contributed by atoms with Crippen molar-refractivity contribution >= 4 is 21.6 Å². The second-order valence-electron chi connectivity index (χ2n) is 9.35. The van der Waals surface area contributed by atoms with E-state index in [1.807, 2.05) is 6.92 Å². The summed E-state index contributed by atoms with van der Waals surface area (Å²) in [5.74, 6) is -0.127. The van der Waals surface area contributed by atoms with Gasteiger partial charge in [-0.05, 0) is 68.7 Å². The fourth-order valence-corrected chi connectivity index (χ4v) is 5.60. The van der Waals surface area contributed by atoms with Gasteiger partial charge in [-0.1, -0.05) is 47.5 Å². The third kappa shape index (κ3) is 6.10. The highest BCUT2D eigenvalue weighted by Gasteiger charge is 2.23. The van der Waals surface area contributed by atoms with Gasteiger partial charge in [-0.25, -0.2) is 8.42 Å². The summed E-state index contributed by atoms with van der Waals surface area (Å²) in [5.41, 5.74) is 4.62. The quantitative estimate of drug-likeness (QED) is 0.528. The maximum Gasteiger partial charge on any atom is 0.264 e. The highest BCUT2D eigenvalue weighted by atomic mass is 32.2. The first kappa shape index (κ1) is 24.9. The van der Waals surface area contributed by atoms with Gasteiger partial charge in [-0.15, -0.1) is 0 Å². The Labute approximate surface area is 208 Å². The van der Waals surface area contributed by atoms with Crippen LogP contribution < -0.4 is 9.62 Å². The van der Waals surface area contributed by atoms with E-state index < -0.39 is 10.0 Å². The summed E-state index contributed by atoms with van der Waals surface area (Å²) in [6, 6.07) is 22.2. The zero-order valence-electron chi connectivity index (χ0n) is 20.6. The number of sulfonamides is 1. The molecule has 0 unspecified atom stereocenters. The predicted octanol–water partition coefficient (Wildman–Crippen LogP) is 4.52. The lowest BCUT2D eigenvalue weighted by atomic mass is 10.0. The van der Waals surface area contributed by atoms with Crippen molar-refractivity contribution < 1.29 is 13.2 Å². The highest BCUT2D eigenvalue weighted by molar-refractivity contribution is 7.92. The Morgan fingerprint density at radius 1 is 0.943 bits per heavy atom. The van der Waals surface area contributed by atoms with E-state index in [0.717, 1.165) is 38.0 Å². The monoisotopic (exact) mass is 491 g/mol. The molecule has 1 fully saturated rings. The first-order valence-electron chi connectivity index (χ1n) is 12.0. The van der Waals surface area contributed by atoms with Crippen LogP contribution in [0.3, 0.4) is 0 Å². The van der Waals surface area contributed by atoms with E-state index in [1.54, 1.807) is 48.5 Å². The molecule has 0 saturated carbocycles. The summed E-state index contributed by atoms with van der Waals surface area (Å²) >= 11 is 0. The first-order valence-corrected chi connectivity index (χ1v) is 13.4. The average Bonchev–Trinajstić information content (AvgIpc) is 2.85. The van der Waals surface area contributed by atoms with E-state index in [4.69, 9.17) is 0 Å². The number of amides is 1. The molecule has 0 atom stereocenters. The fraction of sp³-hybridized carbons (Fsp3) is 0.321. The molecule has 184 valence electrons. The molecular weight excluding hydrogens is 458 g/mol. The van der Waals surface area contributed by atoms with Crippen molar-refractivity contribution in [1.82, 2.24) is 10.2 Å². The fourth-order valence-electron chi connectivity index (χ4n) is 4.40. The van der Waals surface area contributed by atoms with Crippen LogP contribution in [0.1, 0.15) is 39.9 Å². The molecule has 35 heavy (non-hydrogen) atoms. The molecule has 0 aliphatic carbocycles. The molecule has 4 rings (SSSR count). The Kier molecular flexibility index (Phi) is 7.57. The largest absolute Gasteiger partial charge is 0.349 e. The van der Waals surface area contributed by atoms with Crippen LogP contribution in [-0.4, -0.2) is 45.4 Å². The Morgan fingerprint density at radius 2 is 1.60 bits per heavy atom. The number of aryl methyl sites for hydroxylation is 2. The standard InChI is InChI=1S/C28H33N3O3S/c1-21-7-13-27(14-8-21)35(33,34)30(3)26-11-9-24(10-12-26)28(32)29-25-15-17-31(18-16-25)20-23-6-4-5-22(2)19-23/h4-14,19,25H,15-18,20H2,1-3H3,(H,29,32). The maximum atomic E-state index is 12.9. The van der Waals surface area contributed by atoms with Crippen molar-refractivity contribution in [2.75, 3.05) is 24.4 Å². The maximum absolute atomic E-state index is 12.9. The second-order valence-corrected chi connectivity index (χ2v) is 11.3. The minimum absolute atomic E-state index is 0.127. The van der Waals surface area contributed by atoms with Crippen molar-refractivity contribution in [2.45, 2.75) is 44.2 Å². The second kappa shape index (κ2) is 10.6. The average molecular weight is 492 g/mol. The van der Waals surface area contributed by atoms with Gasteiger partial charge in [0.05, 0.1) is 10.6 Å². The Balaban J connectivity index is 1.32. The summed E-state index contributed by atoms with van der Waals surface area (Å²) in [7, 11) is -2.14. The summed E-state index contributed by atoms with van der Waals surface area (Å²) < 4.78 is 27.1. The van der Waals surface area contributed by atoms with E-state index in [1.165, 1.54) is 22.5 Å². The number of likely N-dealkylation sites (tertiary alicyclic amines) is 1. The van der Waals surface area contributed by atoms with Gasteiger partial charge >= 0.3 is 0 Å². The molecule has 1 amide bonds. The lowest BCUT2D eigenvalue weighted by molar-refractivity contribution is 0.0909. The number of anilines is 1. The van der Waals surface area contributed by atoms with Gasteiger partial charge in [-0.2, -0.15) is 0 Å². The lowest BCUT2D eigenvalue weighted by Crippen LogP contribution is -2.44. The SMILES string of the molecule is Cc1ccc(S(=O)(=O)N(C)c2ccc(C(=O)NC3CCN(Cc4cccc(C)c4)CC3)cc2)cc1. The minimum atomic E-state index is -3.67. The molecule has 1 heterocycles. The third-order valence-corrected chi connectivity index (χ3v) is 8.38. The normalized spacial score (nSPS) is 15.1. The van der Waals surface area contributed by atoms with Crippen LogP contribution in [0.25, 0.3) is 0 Å². The van der Waals surface area contributed by atoms with Gasteiger partial charge in [0.15, 0.2) is 0 Å². The van der Waals surface area contributed by atoms with E-state index >= 15 is 0 Å². The Morgan fingerprint density at radius 3 is 2.23 bits per heavy atom. The summed E-state index contributed by atoms with van der Waals surface area (Å²) in [6.45, 7) is 6.85. The van der Waals surface area contributed by atoms with Crippen molar-refractivity contribution in [2.24, 2.45) is 0 Å². The smallest absolute Gasteiger partial charge is 0.264 e. The van der Waals surface area contributed by atoms with Gasteiger partial charge in [-0.3, -0.25) is 14.0 Å². The minimum Gasteiger partial charge on any atom is -0.349 e. The number of carbonyl (C=O) groups excluding carboxylic acids is 1. The zero-order valence-corrected chi connectivity index (χ0v) is 21.4. The zero-order chi connectivity index (χ0) is 25.0. The van der Waals surface area contributed by atoms with Crippen LogP contribution in [0.2, 0.25) is 0 Å². The van der Waals surface area contributed by atoms with Crippen molar-refractivity contribution in [3.8, 4) is 0 Å². The lowest BCUT2D eigenvalue weighted by Gasteiger charge is -2.32. The summed E-state index contributed by atoms with van der Waals surface area (Å²) in [4.78, 5) is 15.5. The molecule has 0 spiro atoms. The first-order chi connectivity index (χ1) is 16.7. The Hall–Kier alpha value is -3.16. The predicted molar refractivity (Wildman–Crippen MR) is 140 cm³/mol. The van der Waals surface area contributed by atoms with Crippen molar-refractivity contribution in [1.29, 1.82) is 0 Å². The number of nitrogens with one attached hydrogen (secondary N) is 1. The van der Waals surface area contributed by atoms with Crippen LogP contribution in [-0.2, 0) is 16.6 Å². The Bertz CT molecular complexity index is 1260. The number of piperidine rings is 1. The summed E-state index contributed by atoms with van der Waals surface area (Å²) in [6.07, 6.45) is 1.82. The molecular formula is C28H33N3O3S. The molecule has 1 aliphatic heterocycles. The van der Waals surface area contributed by atoms with Gasteiger partial charge < -0.3 is 5.32 Å². The van der Waals surface area contributed by atoms with Gasteiger partial charge in [0.1, 0.15) is 0 Å². The van der Waals surface area contributed by atoms with Crippen LogP contribution in [0, 0.1) is 13.8 Å². The summed E-state index contributed by atoms with van der Waals surface area (Å²) in [5, 5.41) is 3.14. The number of carbonyl (C=O) groups is 1. The number of hydrogen-bond acceptors (Lipinski definition) is 4. The number of benzene rings is 3. The molecule has 1 aliphatic rings. The number of rotatable bonds is 7. The molecule has 3 aromatic rings.